The average Bonchev–Trinajstić information content (AvgIpc) is 2.73. The molecule has 7 heteroatoms. The Morgan fingerprint density at radius 1 is 1.43 bits per heavy atom. The Hall–Kier alpha value is -1.24. The quantitative estimate of drug-likeness (QED) is 0.719. The first kappa shape index (κ1) is 17.8. The van der Waals surface area contributed by atoms with Gasteiger partial charge >= 0.3 is 5.69 Å². The lowest BCUT2D eigenvalue weighted by Gasteiger charge is -2.17. The number of aromatic amines is 1. The van der Waals surface area contributed by atoms with Gasteiger partial charge < -0.3 is 5.32 Å². The third-order valence-electron chi connectivity index (χ3n) is 2.99. The summed E-state index contributed by atoms with van der Waals surface area (Å²) in [5, 5.41) is 9.88. The molecule has 0 saturated heterocycles. The number of hydrogen-bond acceptors (Lipinski definition) is 4. The van der Waals surface area contributed by atoms with Gasteiger partial charge in [-0.1, -0.05) is 45.9 Å². The van der Waals surface area contributed by atoms with Crippen molar-refractivity contribution < 1.29 is 4.79 Å². The molecule has 2 N–H and O–H groups in total. The molecule has 0 aliphatic carbocycles. The highest BCUT2D eigenvalue weighted by Gasteiger charge is 2.13. The Kier molecular flexibility index (Phi) is 7.01. The zero-order chi connectivity index (χ0) is 15.9. The van der Waals surface area contributed by atoms with Crippen LogP contribution < -0.4 is 11.0 Å². The van der Waals surface area contributed by atoms with Gasteiger partial charge in [-0.05, 0) is 18.3 Å². The zero-order valence-electron chi connectivity index (χ0n) is 13.4. The summed E-state index contributed by atoms with van der Waals surface area (Å²) in [4.78, 5) is 23.4. The number of H-pyrrole nitrogens is 1. The Morgan fingerprint density at radius 3 is 2.76 bits per heavy atom. The fourth-order valence-electron chi connectivity index (χ4n) is 1.68. The van der Waals surface area contributed by atoms with Crippen LogP contribution in [0, 0.1) is 5.41 Å². The standard InChI is InChI=1S/C14H26N4O2S/c1-5-6-9-18-12(20)16-17-13(18)21-10-11(19)15-8-7-14(2,3)4/h5-10H2,1-4H3,(H,15,19)(H,16,20). The third kappa shape index (κ3) is 6.84. The first-order valence-electron chi connectivity index (χ1n) is 7.38. The monoisotopic (exact) mass is 314 g/mol. The summed E-state index contributed by atoms with van der Waals surface area (Å²) < 4.78 is 1.59. The molecule has 0 fully saturated rings. The first-order chi connectivity index (χ1) is 9.83. The van der Waals surface area contributed by atoms with Gasteiger partial charge in [0.25, 0.3) is 0 Å². The molecule has 0 spiro atoms. The minimum Gasteiger partial charge on any atom is -0.355 e. The van der Waals surface area contributed by atoms with Gasteiger partial charge in [-0.3, -0.25) is 9.36 Å². The van der Waals surface area contributed by atoms with E-state index >= 15 is 0 Å². The van der Waals surface area contributed by atoms with E-state index in [2.05, 4.69) is 43.2 Å². The number of unbranched alkanes of at least 4 members (excludes halogenated alkanes) is 1. The second-order valence-corrected chi connectivity index (χ2v) is 7.21. The fraction of sp³-hybridized carbons (Fsp3) is 0.786. The lowest BCUT2D eigenvalue weighted by atomic mass is 9.92. The van der Waals surface area contributed by atoms with Crippen LogP contribution in [-0.2, 0) is 11.3 Å². The fourth-order valence-corrected chi connectivity index (χ4v) is 2.49. The van der Waals surface area contributed by atoms with Crippen molar-refractivity contribution in [3.8, 4) is 0 Å². The Morgan fingerprint density at radius 2 is 2.14 bits per heavy atom. The van der Waals surface area contributed by atoms with Crippen molar-refractivity contribution in [2.75, 3.05) is 12.3 Å². The maximum absolute atomic E-state index is 11.8. The number of carbonyl (C=O) groups is 1. The van der Waals surface area contributed by atoms with Gasteiger partial charge in [0.05, 0.1) is 5.75 Å². The smallest absolute Gasteiger partial charge is 0.343 e. The summed E-state index contributed by atoms with van der Waals surface area (Å²) in [7, 11) is 0. The van der Waals surface area contributed by atoms with Crippen LogP contribution in [0.15, 0.2) is 9.95 Å². The summed E-state index contributed by atoms with van der Waals surface area (Å²) >= 11 is 1.29. The van der Waals surface area contributed by atoms with E-state index in [-0.39, 0.29) is 22.8 Å². The van der Waals surface area contributed by atoms with Gasteiger partial charge in [-0.2, -0.15) is 0 Å². The van der Waals surface area contributed by atoms with Crippen LogP contribution in [-0.4, -0.2) is 33.0 Å². The van der Waals surface area contributed by atoms with Gasteiger partial charge in [-0.15, -0.1) is 5.10 Å². The second-order valence-electron chi connectivity index (χ2n) is 6.27. The van der Waals surface area contributed by atoms with E-state index in [0.29, 0.717) is 18.2 Å². The molecule has 6 nitrogen and oxygen atoms in total. The van der Waals surface area contributed by atoms with E-state index in [0.717, 1.165) is 19.3 Å². The van der Waals surface area contributed by atoms with Gasteiger partial charge in [0.15, 0.2) is 5.16 Å². The molecular formula is C14H26N4O2S. The number of rotatable bonds is 8. The van der Waals surface area contributed by atoms with Crippen LogP contribution in [0.4, 0.5) is 0 Å². The second kappa shape index (κ2) is 8.26. The van der Waals surface area contributed by atoms with E-state index in [1.54, 1.807) is 4.57 Å². The molecule has 0 radical (unpaired) electrons. The first-order valence-corrected chi connectivity index (χ1v) is 8.37. The van der Waals surface area contributed by atoms with Crippen LogP contribution in [0.5, 0.6) is 0 Å². The molecule has 120 valence electrons. The molecule has 0 atom stereocenters. The molecule has 0 aromatic carbocycles. The maximum Gasteiger partial charge on any atom is 0.343 e. The number of carbonyl (C=O) groups excluding carboxylic acids is 1. The van der Waals surface area contributed by atoms with Crippen molar-refractivity contribution in [2.45, 2.75) is 58.7 Å². The van der Waals surface area contributed by atoms with E-state index in [1.807, 2.05) is 0 Å². The van der Waals surface area contributed by atoms with Gasteiger partial charge in [-0.25, -0.2) is 9.89 Å². The molecule has 0 bridgehead atoms. The molecule has 0 saturated carbocycles. The normalized spacial score (nSPS) is 11.6. The lowest BCUT2D eigenvalue weighted by Crippen LogP contribution is -2.28. The molecule has 1 aromatic heterocycles. The summed E-state index contributed by atoms with van der Waals surface area (Å²) in [6, 6.07) is 0. The van der Waals surface area contributed by atoms with Crippen LogP contribution in [0.1, 0.15) is 47.0 Å². The number of hydrogen-bond donors (Lipinski definition) is 2. The van der Waals surface area contributed by atoms with Gasteiger partial charge in [0.2, 0.25) is 5.91 Å². The number of nitrogens with one attached hydrogen (secondary N) is 2. The van der Waals surface area contributed by atoms with E-state index in [1.165, 1.54) is 11.8 Å². The van der Waals surface area contributed by atoms with Crippen molar-refractivity contribution in [3.05, 3.63) is 10.5 Å². The minimum absolute atomic E-state index is 0.0262. The summed E-state index contributed by atoms with van der Waals surface area (Å²) in [6.45, 7) is 9.81. The number of thioether (sulfide) groups is 1. The summed E-state index contributed by atoms with van der Waals surface area (Å²) in [5.41, 5.74) is 0.00238. The molecule has 1 aromatic rings. The highest BCUT2D eigenvalue weighted by molar-refractivity contribution is 7.99. The third-order valence-corrected chi connectivity index (χ3v) is 3.96. The Balaban J connectivity index is 2.41. The number of nitrogens with zero attached hydrogens (tertiary/aromatic N) is 2. The molecule has 0 unspecified atom stereocenters. The molecule has 0 aliphatic heterocycles. The molecule has 1 amide bonds. The highest BCUT2D eigenvalue weighted by atomic mass is 32.2. The molecular weight excluding hydrogens is 288 g/mol. The van der Waals surface area contributed by atoms with Crippen LogP contribution >= 0.6 is 11.8 Å². The van der Waals surface area contributed by atoms with Crippen molar-refractivity contribution in [3.63, 3.8) is 0 Å². The van der Waals surface area contributed by atoms with Crippen LogP contribution in [0.3, 0.4) is 0 Å². The minimum atomic E-state index is -0.209. The van der Waals surface area contributed by atoms with Crippen molar-refractivity contribution in [1.82, 2.24) is 20.1 Å². The number of aromatic nitrogens is 3. The van der Waals surface area contributed by atoms with Crippen molar-refractivity contribution in [1.29, 1.82) is 0 Å². The topological polar surface area (TPSA) is 79.8 Å². The number of amides is 1. The van der Waals surface area contributed by atoms with E-state index in [9.17, 15) is 9.59 Å². The van der Waals surface area contributed by atoms with Crippen molar-refractivity contribution >= 4 is 17.7 Å². The molecule has 0 aliphatic rings. The highest BCUT2D eigenvalue weighted by Crippen LogP contribution is 2.17. The Labute approximate surface area is 130 Å². The lowest BCUT2D eigenvalue weighted by molar-refractivity contribution is -0.118. The largest absolute Gasteiger partial charge is 0.355 e. The van der Waals surface area contributed by atoms with Crippen LogP contribution in [0.2, 0.25) is 0 Å². The Bertz CT molecular complexity index is 502. The van der Waals surface area contributed by atoms with E-state index < -0.39 is 0 Å². The average molecular weight is 314 g/mol. The van der Waals surface area contributed by atoms with Gasteiger partial charge in [0, 0.05) is 13.1 Å². The molecule has 21 heavy (non-hydrogen) atoms. The summed E-state index contributed by atoms with van der Waals surface area (Å²) in [6.07, 6.45) is 2.87. The SMILES string of the molecule is CCCCn1c(SCC(=O)NCCC(C)(C)C)n[nH]c1=O. The molecule has 1 heterocycles. The summed E-state index contributed by atoms with van der Waals surface area (Å²) in [5.74, 6) is 0.252. The molecule has 1 rings (SSSR count). The van der Waals surface area contributed by atoms with Crippen molar-refractivity contribution in [2.24, 2.45) is 5.41 Å². The van der Waals surface area contributed by atoms with Crippen LogP contribution in [0.25, 0.3) is 0 Å². The van der Waals surface area contributed by atoms with E-state index in [4.69, 9.17) is 0 Å². The van der Waals surface area contributed by atoms with Gasteiger partial charge in [0.1, 0.15) is 0 Å². The predicted octanol–water partition coefficient (Wildman–Crippen LogP) is 2.02. The zero-order valence-corrected chi connectivity index (χ0v) is 14.2. The maximum atomic E-state index is 11.8. The predicted molar refractivity (Wildman–Crippen MR) is 85.6 cm³/mol.